The minimum atomic E-state index is -0.295. The summed E-state index contributed by atoms with van der Waals surface area (Å²) in [7, 11) is 0. The zero-order valence-electron chi connectivity index (χ0n) is 11.0. The lowest BCUT2D eigenvalue weighted by Gasteiger charge is -2.12. The molecule has 96 valence electrons. The van der Waals surface area contributed by atoms with Crippen LogP contribution in [0.4, 0.5) is 10.1 Å². The molecule has 0 aliphatic carbocycles. The predicted octanol–water partition coefficient (Wildman–Crippen LogP) is 3.93. The molecule has 1 N–H and O–H groups in total. The molecule has 0 aromatic heterocycles. The van der Waals surface area contributed by atoms with Gasteiger partial charge in [0.05, 0.1) is 11.6 Å². The van der Waals surface area contributed by atoms with Gasteiger partial charge in [-0.25, -0.2) is 4.39 Å². The Labute approximate surface area is 112 Å². The largest absolute Gasteiger partial charge is 0.381 e. The maximum atomic E-state index is 13.6. The molecule has 0 atom stereocenters. The molecule has 0 spiro atoms. The molecule has 0 saturated carbocycles. The van der Waals surface area contributed by atoms with Gasteiger partial charge >= 0.3 is 0 Å². The molecule has 0 heterocycles. The van der Waals surface area contributed by atoms with E-state index in [2.05, 4.69) is 5.32 Å². The number of hydrogen-bond donors (Lipinski definition) is 1. The predicted molar refractivity (Wildman–Crippen MR) is 74.4 cm³/mol. The molecule has 3 heteroatoms. The summed E-state index contributed by atoms with van der Waals surface area (Å²) >= 11 is 0. The van der Waals surface area contributed by atoms with Crippen LogP contribution in [-0.4, -0.2) is 0 Å². The van der Waals surface area contributed by atoms with E-state index in [1.54, 1.807) is 6.07 Å². The van der Waals surface area contributed by atoms with E-state index in [0.29, 0.717) is 17.7 Å². The van der Waals surface area contributed by atoms with Crippen molar-refractivity contribution in [3.8, 4) is 6.07 Å². The van der Waals surface area contributed by atoms with E-state index in [-0.39, 0.29) is 5.82 Å². The Balaban J connectivity index is 2.19. The number of nitriles is 1. The summed E-state index contributed by atoms with van der Waals surface area (Å²) in [4.78, 5) is 0. The lowest BCUT2D eigenvalue weighted by Crippen LogP contribution is -2.04. The highest BCUT2D eigenvalue weighted by atomic mass is 19.1. The number of halogens is 1. The summed E-state index contributed by atoms with van der Waals surface area (Å²) in [6.45, 7) is 4.43. The van der Waals surface area contributed by atoms with E-state index in [4.69, 9.17) is 5.26 Å². The van der Waals surface area contributed by atoms with Gasteiger partial charge in [-0.15, -0.1) is 0 Å². The molecule has 0 bridgehead atoms. The highest BCUT2D eigenvalue weighted by molar-refractivity contribution is 5.54. The van der Waals surface area contributed by atoms with Gasteiger partial charge in [-0.3, -0.25) is 0 Å². The molecule has 0 radical (unpaired) electrons. The minimum absolute atomic E-state index is 0.295. The van der Waals surface area contributed by atoms with Crippen molar-refractivity contribution in [3.63, 3.8) is 0 Å². The number of hydrogen-bond acceptors (Lipinski definition) is 2. The van der Waals surface area contributed by atoms with Gasteiger partial charge in [0.15, 0.2) is 0 Å². The number of aryl methyl sites for hydroxylation is 1. The summed E-state index contributed by atoms with van der Waals surface area (Å²) in [6, 6.07) is 12.4. The first-order valence-corrected chi connectivity index (χ1v) is 6.10. The summed E-state index contributed by atoms with van der Waals surface area (Å²) in [5.74, 6) is -0.295. The first-order valence-electron chi connectivity index (χ1n) is 6.10. The van der Waals surface area contributed by atoms with Crippen LogP contribution in [0.1, 0.15) is 22.3 Å². The van der Waals surface area contributed by atoms with Crippen LogP contribution in [0.5, 0.6) is 0 Å². The van der Waals surface area contributed by atoms with Gasteiger partial charge < -0.3 is 5.32 Å². The molecule has 19 heavy (non-hydrogen) atoms. The summed E-state index contributed by atoms with van der Waals surface area (Å²) in [6.07, 6.45) is 0. The Bertz CT molecular complexity index is 642. The fraction of sp³-hybridized carbons (Fsp3) is 0.188. The summed E-state index contributed by atoms with van der Waals surface area (Å²) in [5, 5.41) is 12.0. The molecule has 0 aliphatic heterocycles. The molecular formula is C16H15FN2. The Hall–Kier alpha value is -2.34. The number of rotatable bonds is 3. The van der Waals surface area contributed by atoms with Crippen LogP contribution >= 0.6 is 0 Å². The van der Waals surface area contributed by atoms with Gasteiger partial charge in [0.1, 0.15) is 5.82 Å². The third-order valence-corrected chi connectivity index (χ3v) is 3.25. The van der Waals surface area contributed by atoms with E-state index >= 15 is 0 Å². The second-order valence-electron chi connectivity index (χ2n) is 4.52. The van der Waals surface area contributed by atoms with E-state index in [9.17, 15) is 4.39 Å². The molecule has 2 aromatic carbocycles. The third-order valence-electron chi connectivity index (χ3n) is 3.25. The van der Waals surface area contributed by atoms with E-state index in [0.717, 1.165) is 11.3 Å². The maximum absolute atomic E-state index is 13.6. The zero-order chi connectivity index (χ0) is 13.8. The standard InChI is InChI=1S/C16H15FN2/c1-11-4-3-5-16(12(11)2)19-10-14-8-13(9-18)6-7-15(14)17/h3-8,19H,10H2,1-2H3. The van der Waals surface area contributed by atoms with Crippen molar-refractivity contribution < 1.29 is 4.39 Å². The second-order valence-corrected chi connectivity index (χ2v) is 4.52. The summed E-state index contributed by atoms with van der Waals surface area (Å²) < 4.78 is 13.6. The Morgan fingerprint density at radius 1 is 1.21 bits per heavy atom. The summed E-state index contributed by atoms with van der Waals surface area (Å²) in [5.41, 5.74) is 4.30. The van der Waals surface area contributed by atoms with Crippen LogP contribution < -0.4 is 5.32 Å². The van der Waals surface area contributed by atoms with Crippen molar-refractivity contribution in [3.05, 3.63) is 64.5 Å². The van der Waals surface area contributed by atoms with Crippen molar-refractivity contribution in [2.75, 3.05) is 5.32 Å². The molecule has 0 saturated heterocycles. The van der Waals surface area contributed by atoms with Gasteiger partial charge in [-0.05, 0) is 49.2 Å². The van der Waals surface area contributed by atoms with Crippen LogP contribution in [0.2, 0.25) is 0 Å². The molecule has 2 rings (SSSR count). The molecule has 0 fully saturated rings. The quantitative estimate of drug-likeness (QED) is 0.900. The fourth-order valence-corrected chi connectivity index (χ4v) is 1.91. The number of anilines is 1. The first kappa shape index (κ1) is 13.1. The van der Waals surface area contributed by atoms with Crippen LogP contribution in [0, 0.1) is 31.0 Å². The molecule has 2 aromatic rings. The van der Waals surface area contributed by atoms with E-state index in [1.165, 1.54) is 17.7 Å². The van der Waals surface area contributed by atoms with E-state index in [1.807, 2.05) is 38.1 Å². The lowest BCUT2D eigenvalue weighted by molar-refractivity contribution is 0.612. The molecule has 0 amide bonds. The highest BCUT2D eigenvalue weighted by Crippen LogP contribution is 2.19. The molecule has 0 aliphatic rings. The third kappa shape index (κ3) is 2.92. The SMILES string of the molecule is Cc1cccc(NCc2cc(C#N)ccc2F)c1C. The topological polar surface area (TPSA) is 35.8 Å². The number of nitrogens with one attached hydrogen (secondary N) is 1. The van der Waals surface area contributed by atoms with Crippen LogP contribution in [0.3, 0.4) is 0 Å². The monoisotopic (exact) mass is 254 g/mol. The van der Waals surface area contributed by atoms with Gasteiger partial charge in [-0.1, -0.05) is 12.1 Å². The minimum Gasteiger partial charge on any atom is -0.381 e. The van der Waals surface area contributed by atoms with Crippen LogP contribution in [0.25, 0.3) is 0 Å². The van der Waals surface area contributed by atoms with Crippen molar-refractivity contribution in [2.24, 2.45) is 0 Å². The number of nitrogens with zero attached hydrogens (tertiary/aromatic N) is 1. The van der Waals surface area contributed by atoms with Crippen LogP contribution in [-0.2, 0) is 6.54 Å². The fourth-order valence-electron chi connectivity index (χ4n) is 1.91. The maximum Gasteiger partial charge on any atom is 0.128 e. The highest BCUT2D eigenvalue weighted by Gasteiger charge is 2.05. The van der Waals surface area contributed by atoms with Gasteiger partial charge in [0, 0.05) is 17.8 Å². The molecule has 2 nitrogen and oxygen atoms in total. The Morgan fingerprint density at radius 2 is 2.00 bits per heavy atom. The van der Waals surface area contributed by atoms with Crippen molar-refractivity contribution >= 4 is 5.69 Å². The average molecular weight is 254 g/mol. The smallest absolute Gasteiger partial charge is 0.128 e. The molecule has 0 unspecified atom stereocenters. The lowest BCUT2D eigenvalue weighted by atomic mass is 10.1. The van der Waals surface area contributed by atoms with Crippen molar-refractivity contribution in [1.29, 1.82) is 5.26 Å². The second kappa shape index (κ2) is 5.53. The molecular weight excluding hydrogens is 239 g/mol. The van der Waals surface area contributed by atoms with Crippen molar-refractivity contribution in [1.82, 2.24) is 0 Å². The zero-order valence-corrected chi connectivity index (χ0v) is 11.0. The average Bonchev–Trinajstić information content (AvgIpc) is 2.42. The normalized spacial score (nSPS) is 10.0. The van der Waals surface area contributed by atoms with Crippen LogP contribution in [0.15, 0.2) is 36.4 Å². The van der Waals surface area contributed by atoms with Gasteiger partial charge in [0.2, 0.25) is 0 Å². The Kier molecular flexibility index (Phi) is 3.82. The number of benzene rings is 2. The van der Waals surface area contributed by atoms with Gasteiger partial charge in [0.25, 0.3) is 0 Å². The van der Waals surface area contributed by atoms with E-state index < -0.39 is 0 Å². The van der Waals surface area contributed by atoms with Gasteiger partial charge in [-0.2, -0.15) is 5.26 Å². The first-order chi connectivity index (χ1) is 9.11. The Morgan fingerprint density at radius 3 is 2.74 bits per heavy atom. The van der Waals surface area contributed by atoms with Crippen molar-refractivity contribution in [2.45, 2.75) is 20.4 Å².